The normalized spacial score (nSPS) is 16.4. The van der Waals surface area contributed by atoms with Gasteiger partial charge >= 0.3 is 0 Å². The van der Waals surface area contributed by atoms with Crippen LogP contribution < -0.4 is 4.90 Å². The van der Waals surface area contributed by atoms with E-state index in [4.69, 9.17) is 4.74 Å². The molecule has 2 rings (SSSR count). The Morgan fingerprint density at radius 3 is 2.50 bits per heavy atom. The standard InChI is InChI=1S/C11H9NO4/c13-5-8-2-1-3-9(4-8)12-10(14)6-16-7-11(12)15/h1-5H,6-7H2. The molecule has 0 unspecified atom stereocenters. The molecule has 0 atom stereocenters. The molecule has 0 spiro atoms. The Morgan fingerprint density at radius 2 is 1.88 bits per heavy atom. The highest BCUT2D eigenvalue weighted by molar-refractivity contribution is 6.17. The van der Waals surface area contributed by atoms with E-state index in [0.717, 1.165) is 4.90 Å². The molecule has 1 aromatic rings. The second-order valence-corrected chi connectivity index (χ2v) is 3.33. The van der Waals surface area contributed by atoms with E-state index in [9.17, 15) is 14.4 Å². The molecule has 0 saturated carbocycles. The van der Waals surface area contributed by atoms with Crippen molar-refractivity contribution in [3.8, 4) is 0 Å². The van der Waals surface area contributed by atoms with Crippen molar-refractivity contribution in [3.63, 3.8) is 0 Å². The quantitative estimate of drug-likeness (QED) is 0.533. The minimum atomic E-state index is -0.417. The summed E-state index contributed by atoms with van der Waals surface area (Å²) < 4.78 is 4.79. The van der Waals surface area contributed by atoms with Crippen molar-refractivity contribution < 1.29 is 19.1 Å². The molecule has 1 aliphatic rings. The maximum Gasteiger partial charge on any atom is 0.259 e. The Morgan fingerprint density at radius 1 is 1.19 bits per heavy atom. The van der Waals surface area contributed by atoms with Crippen LogP contribution in [0.5, 0.6) is 0 Å². The van der Waals surface area contributed by atoms with Gasteiger partial charge in [-0.3, -0.25) is 14.4 Å². The third-order valence-electron chi connectivity index (χ3n) is 2.21. The van der Waals surface area contributed by atoms with E-state index in [1.54, 1.807) is 18.2 Å². The Bertz CT molecular complexity index is 439. The Balaban J connectivity index is 2.37. The van der Waals surface area contributed by atoms with Crippen molar-refractivity contribution in [2.45, 2.75) is 0 Å². The molecule has 0 aliphatic carbocycles. The van der Waals surface area contributed by atoms with Gasteiger partial charge in [0.2, 0.25) is 0 Å². The average molecular weight is 219 g/mol. The molecule has 0 bridgehead atoms. The van der Waals surface area contributed by atoms with Gasteiger partial charge in [0.1, 0.15) is 19.5 Å². The number of morpholine rings is 1. The van der Waals surface area contributed by atoms with Crippen LogP contribution in [0.15, 0.2) is 24.3 Å². The molecule has 2 amide bonds. The van der Waals surface area contributed by atoms with Crippen molar-refractivity contribution in [3.05, 3.63) is 29.8 Å². The van der Waals surface area contributed by atoms with Crippen LogP contribution in [-0.2, 0) is 14.3 Å². The zero-order valence-corrected chi connectivity index (χ0v) is 8.38. The summed E-state index contributed by atoms with van der Waals surface area (Å²) in [6.45, 7) is -0.228. The van der Waals surface area contributed by atoms with Crippen molar-refractivity contribution >= 4 is 23.8 Å². The molecule has 0 N–H and O–H groups in total. The van der Waals surface area contributed by atoms with E-state index in [-0.39, 0.29) is 13.2 Å². The summed E-state index contributed by atoms with van der Waals surface area (Å²) >= 11 is 0. The summed E-state index contributed by atoms with van der Waals surface area (Å²) in [5.41, 5.74) is 0.826. The average Bonchev–Trinajstić information content (AvgIpc) is 2.29. The zero-order valence-electron chi connectivity index (χ0n) is 8.38. The summed E-state index contributed by atoms with van der Waals surface area (Å²) in [7, 11) is 0. The summed E-state index contributed by atoms with van der Waals surface area (Å²) in [5.74, 6) is -0.835. The van der Waals surface area contributed by atoms with Gasteiger partial charge in [-0.2, -0.15) is 0 Å². The lowest BCUT2D eigenvalue weighted by atomic mass is 10.2. The Hall–Kier alpha value is -2.01. The molecule has 1 saturated heterocycles. The number of anilines is 1. The number of hydrogen-bond acceptors (Lipinski definition) is 4. The lowest BCUT2D eigenvalue weighted by molar-refractivity contribution is -0.138. The summed E-state index contributed by atoms with van der Waals surface area (Å²) in [6.07, 6.45) is 0.666. The van der Waals surface area contributed by atoms with Crippen LogP contribution >= 0.6 is 0 Å². The van der Waals surface area contributed by atoms with Crippen molar-refractivity contribution in [1.29, 1.82) is 0 Å². The Labute approximate surface area is 91.6 Å². The number of hydrogen-bond donors (Lipinski definition) is 0. The minimum absolute atomic E-state index is 0.114. The van der Waals surface area contributed by atoms with Crippen LogP contribution in [0, 0.1) is 0 Å². The molecular formula is C11H9NO4. The highest BCUT2D eigenvalue weighted by Gasteiger charge is 2.28. The predicted octanol–water partition coefficient (Wildman–Crippen LogP) is 0.389. The van der Waals surface area contributed by atoms with Gasteiger partial charge in [0.25, 0.3) is 11.8 Å². The highest BCUT2D eigenvalue weighted by Crippen LogP contribution is 2.18. The lowest BCUT2D eigenvalue weighted by Crippen LogP contribution is -2.46. The lowest BCUT2D eigenvalue weighted by Gasteiger charge is -2.24. The largest absolute Gasteiger partial charge is 0.362 e. The van der Waals surface area contributed by atoms with Gasteiger partial charge in [-0.05, 0) is 12.1 Å². The summed E-state index contributed by atoms with van der Waals surface area (Å²) in [4.78, 5) is 34.6. The summed E-state index contributed by atoms with van der Waals surface area (Å²) in [6, 6.07) is 6.32. The van der Waals surface area contributed by atoms with Crippen LogP contribution in [-0.4, -0.2) is 31.3 Å². The van der Waals surface area contributed by atoms with Crippen molar-refractivity contribution in [2.24, 2.45) is 0 Å². The third-order valence-corrected chi connectivity index (χ3v) is 2.21. The second kappa shape index (κ2) is 4.24. The predicted molar refractivity (Wildman–Crippen MR) is 55.1 cm³/mol. The second-order valence-electron chi connectivity index (χ2n) is 3.33. The number of imide groups is 1. The van der Waals surface area contributed by atoms with Gasteiger partial charge in [-0.1, -0.05) is 12.1 Å². The number of carbonyl (C=O) groups excluding carboxylic acids is 3. The fourth-order valence-corrected chi connectivity index (χ4v) is 1.52. The highest BCUT2D eigenvalue weighted by atomic mass is 16.5. The van der Waals surface area contributed by atoms with E-state index >= 15 is 0 Å². The van der Waals surface area contributed by atoms with E-state index in [0.29, 0.717) is 17.5 Å². The monoisotopic (exact) mass is 219 g/mol. The first kappa shape index (κ1) is 10.5. The minimum Gasteiger partial charge on any atom is -0.362 e. The van der Waals surface area contributed by atoms with E-state index in [1.165, 1.54) is 6.07 Å². The van der Waals surface area contributed by atoms with Crippen LogP contribution in [0.1, 0.15) is 10.4 Å². The van der Waals surface area contributed by atoms with Crippen LogP contribution in [0.25, 0.3) is 0 Å². The van der Waals surface area contributed by atoms with E-state index in [2.05, 4.69) is 0 Å². The SMILES string of the molecule is O=Cc1cccc(N2C(=O)COCC2=O)c1. The van der Waals surface area contributed by atoms with Crippen LogP contribution in [0.3, 0.4) is 0 Å². The molecule has 5 heteroatoms. The van der Waals surface area contributed by atoms with Gasteiger partial charge in [0.05, 0.1) is 5.69 Å². The van der Waals surface area contributed by atoms with Crippen LogP contribution in [0.2, 0.25) is 0 Å². The number of amides is 2. The molecule has 82 valence electrons. The zero-order chi connectivity index (χ0) is 11.5. The molecule has 1 aliphatic heterocycles. The Kier molecular flexibility index (Phi) is 2.78. The van der Waals surface area contributed by atoms with Crippen LogP contribution in [0.4, 0.5) is 5.69 Å². The topological polar surface area (TPSA) is 63.7 Å². The molecule has 1 aromatic carbocycles. The maximum absolute atomic E-state index is 11.5. The number of nitrogens with zero attached hydrogens (tertiary/aromatic N) is 1. The molecule has 1 heterocycles. The first-order chi connectivity index (χ1) is 7.72. The number of ether oxygens (including phenoxy) is 1. The first-order valence-corrected chi connectivity index (χ1v) is 4.71. The van der Waals surface area contributed by atoms with E-state index in [1.807, 2.05) is 0 Å². The van der Waals surface area contributed by atoms with Crippen molar-refractivity contribution in [1.82, 2.24) is 0 Å². The molecule has 5 nitrogen and oxygen atoms in total. The van der Waals surface area contributed by atoms with Crippen molar-refractivity contribution in [2.75, 3.05) is 18.1 Å². The number of benzene rings is 1. The summed E-state index contributed by atoms with van der Waals surface area (Å²) in [5, 5.41) is 0. The van der Waals surface area contributed by atoms with Gasteiger partial charge in [0, 0.05) is 5.56 Å². The molecular weight excluding hydrogens is 210 g/mol. The van der Waals surface area contributed by atoms with E-state index < -0.39 is 11.8 Å². The van der Waals surface area contributed by atoms with Gasteiger partial charge in [-0.25, -0.2) is 4.90 Å². The number of aldehydes is 1. The van der Waals surface area contributed by atoms with Gasteiger partial charge < -0.3 is 4.74 Å². The number of carbonyl (C=O) groups is 3. The number of rotatable bonds is 2. The van der Waals surface area contributed by atoms with Gasteiger partial charge in [0.15, 0.2) is 0 Å². The fourth-order valence-electron chi connectivity index (χ4n) is 1.52. The molecule has 16 heavy (non-hydrogen) atoms. The molecule has 0 radical (unpaired) electrons. The molecule has 0 aromatic heterocycles. The third kappa shape index (κ3) is 1.85. The smallest absolute Gasteiger partial charge is 0.259 e. The maximum atomic E-state index is 11.5. The fraction of sp³-hybridized carbons (Fsp3) is 0.182. The molecule has 1 fully saturated rings. The van der Waals surface area contributed by atoms with Gasteiger partial charge in [-0.15, -0.1) is 0 Å². The first-order valence-electron chi connectivity index (χ1n) is 4.71.